The van der Waals surface area contributed by atoms with Gasteiger partial charge in [0.05, 0.1) is 13.2 Å². The van der Waals surface area contributed by atoms with E-state index in [-0.39, 0.29) is 11.5 Å². The van der Waals surface area contributed by atoms with Crippen LogP contribution in [0.4, 0.5) is 13.2 Å². The third kappa shape index (κ3) is 5.85. The fourth-order valence-corrected chi connectivity index (χ4v) is 4.41. The molecular formula is C30H31F3O2. The summed E-state index contributed by atoms with van der Waals surface area (Å²) in [5.74, 6) is -1.82. The van der Waals surface area contributed by atoms with Crippen molar-refractivity contribution in [2.75, 3.05) is 13.2 Å². The average molecular weight is 481 g/mol. The van der Waals surface area contributed by atoms with Gasteiger partial charge in [-0.2, -0.15) is 0 Å². The molecule has 3 aromatic carbocycles. The Morgan fingerprint density at radius 2 is 1.49 bits per heavy atom. The smallest absolute Gasteiger partial charge is 0.183 e. The van der Waals surface area contributed by atoms with Crippen molar-refractivity contribution in [1.82, 2.24) is 0 Å². The van der Waals surface area contributed by atoms with Gasteiger partial charge in [-0.1, -0.05) is 80.4 Å². The minimum atomic E-state index is -0.841. The Hall–Kier alpha value is -2.89. The highest BCUT2D eigenvalue weighted by atomic mass is 19.2. The molecule has 0 unspecified atom stereocenters. The molecule has 0 saturated carbocycles. The van der Waals surface area contributed by atoms with Crippen molar-refractivity contribution in [3.05, 3.63) is 95.3 Å². The summed E-state index contributed by atoms with van der Waals surface area (Å²) in [6.45, 7) is 5.07. The van der Waals surface area contributed by atoms with E-state index in [0.29, 0.717) is 47.5 Å². The zero-order chi connectivity index (χ0) is 24.8. The summed E-state index contributed by atoms with van der Waals surface area (Å²) in [5, 5.41) is 0. The van der Waals surface area contributed by atoms with Gasteiger partial charge in [-0.25, -0.2) is 13.2 Å². The molecule has 4 rings (SSSR count). The van der Waals surface area contributed by atoms with Gasteiger partial charge in [-0.15, -0.1) is 0 Å². The van der Waals surface area contributed by atoms with E-state index in [0.717, 1.165) is 19.3 Å². The molecule has 1 aliphatic rings. The molecular weight excluding hydrogens is 449 g/mol. The zero-order valence-corrected chi connectivity index (χ0v) is 20.2. The fourth-order valence-electron chi connectivity index (χ4n) is 4.41. The van der Waals surface area contributed by atoms with Crippen LogP contribution in [0.3, 0.4) is 0 Å². The van der Waals surface area contributed by atoms with Crippen molar-refractivity contribution in [1.29, 1.82) is 0 Å². The van der Waals surface area contributed by atoms with E-state index in [2.05, 4.69) is 6.92 Å². The van der Waals surface area contributed by atoms with Crippen LogP contribution < -0.4 is 0 Å². The molecule has 0 aromatic heterocycles. The lowest BCUT2D eigenvalue weighted by atomic mass is 9.97. The van der Waals surface area contributed by atoms with Crippen molar-refractivity contribution in [3.63, 3.8) is 0 Å². The Bertz CT molecular complexity index is 1160. The number of halogens is 3. The van der Waals surface area contributed by atoms with Crippen LogP contribution >= 0.6 is 0 Å². The van der Waals surface area contributed by atoms with Gasteiger partial charge in [0.1, 0.15) is 5.82 Å². The number of benzene rings is 3. The summed E-state index contributed by atoms with van der Waals surface area (Å²) in [4.78, 5) is 0. The molecule has 0 spiro atoms. The van der Waals surface area contributed by atoms with Gasteiger partial charge >= 0.3 is 0 Å². The van der Waals surface area contributed by atoms with Gasteiger partial charge in [0.25, 0.3) is 0 Å². The molecule has 1 saturated heterocycles. The van der Waals surface area contributed by atoms with Crippen LogP contribution in [0.15, 0.2) is 66.7 Å². The van der Waals surface area contributed by atoms with Crippen LogP contribution in [0.5, 0.6) is 0 Å². The lowest BCUT2D eigenvalue weighted by Crippen LogP contribution is -2.25. The topological polar surface area (TPSA) is 18.5 Å². The summed E-state index contributed by atoms with van der Waals surface area (Å²) in [5.41, 5.74) is 2.84. The van der Waals surface area contributed by atoms with E-state index in [1.54, 1.807) is 48.5 Å². The standard InChI is InChI=1S/C30H31F3O2/c1-3-5-6-8-23-13-16-26(29(33)28(23)32)22-11-9-21(10-12-22)25-15-14-24(17-27(25)31)30-34-18-20(7-4-2)19-35-30/h4,7,9-17,20,30H,3,5-6,8,18-19H2,1-2H3. The van der Waals surface area contributed by atoms with Crippen LogP contribution in [0.2, 0.25) is 0 Å². The lowest BCUT2D eigenvalue weighted by Gasteiger charge is -2.28. The van der Waals surface area contributed by atoms with E-state index in [9.17, 15) is 13.2 Å². The van der Waals surface area contributed by atoms with E-state index in [1.807, 2.05) is 19.1 Å². The second-order valence-corrected chi connectivity index (χ2v) is 8.96. The molecule has 1 heterocycles. The molecule has 2 nitrogen and oxygen atoms in total. The highest BCUT2D eigenvalue weighted by molar-refractivity contribution is 5.71. The van der Waals surface area contributed by atoms with E-state index >= 15 is 0 Å². The number of ether oxygens (including phenoxy) is 2. The monoisotopic (exact) mass is 480 g/mol. The molecule has 1 fully saturated rings. The van der Waals surface area contributed by atoms with Gasteiger partial charge in [-0.3, -0.25) is 0 Å². The Labute approximate surface area is 205 Å². The first kappa shape index (κ1) is 25.2. The first-order chi connectivity index (χ1) is 17.0. The molecule has 35 heavy (non-hydrogen) atoms. The number of aryl methyl sites for hydroxylation is 1. The van der Waals surface area contributed by atoms with E-state index < -0.39 is 23.7 Å². The van der Waals surface area contributed by atoms with Gasteiger partial charge in [0, 0.05) is 22.6 Å². The number of unbranched alkanes of at least 4 members (excludes halogenated alkanes) is 2. The second kappa shape index (κ2) is 11.7. The molecule has 0 amide bonds. The SMILES string of the molecule is CC=CC1COC(c2ccc(-c3ccc(-c4ccc(CCCCC)c(F)c4F)cc3)c(F)c2)OC1. The van der Waals surface area contributed by atoms with Gasteiger partial charge < -0.3 is 9.47 Å². The number of allylic oxidation sites excluding steroid dienone is 1. The van der Waals surface area contributed by atoms with Crippen LogP contribution in [0.25, 0.3) is 22.3 Å². The third-order valence-corrected chi connectivity index (χ3v) is 6.37. The van der Waals surface area contributed by atoms with Gasteiger partial charge in [0.2, 0.25) is 0 Å². The Balaban J connectivity index is 1.49. The maximum absolute atomic E-state index is 15.0. The summed E-state index contributed by atoms with van der Waals surface area (Å²) in [6.07, 6.45) is 6.78. The zero-order valence-electron chi connectivity index (χ0n) is 20.2. The molecule has 0 N–H and O–H groups in total. The van der Waals surface area contributed by atoms with Crippen molar-refractivity contribution in [2.45, 2.75) is 45.8 Å². The predicted octanol–water partition coefficient (Wildman–Crippen LogP) is 8.41. The minimum absolute atomic E-state index is 0.201. The van der Waals surface area contributed by atoms with Gasteiger partial charge in [-0.05, 0) is 42.5 Å². The second-order valence-electron chi connectivity index (χ2n) is 8.96. The largest absolute Gasteiger partial charge is 0.348 e. The fraction of sp³-hybridized carbons (Fsp3) is 0.333. The summed E-state index contributed by atoms with van der Waals surface area (Å²) < 4.78 is 55.8. The van der Waals surface area contributed by atoms with Crippen molar-refractivity contribution >= 4 is 0 Å². The Kier molecular flexibility index (Phi) is 8.42. The number of hydrogen-bond acceptors (Lipinski definition) is 2. The van der Waals surface area contributed by atoms with Crippen LogP contribution in [0.1, 0.15) is 50.5 Å². The van der Waals surface area contributed by atoms with Crippen molar-refractivity contribution in [2.24, 2.45) is 5.92 Å². The minimum Gasteiger partial charge on any atom is -0.348 e. The normalized spacial score (nSPS) is 18.3. The molecule has 1 aliphatic heterocycles. The predicted molar refractivity (Wildman–Crippen MR) is 133 cm³/mol. The number of hydrogen-bond donors (Lipinski definition) is 0. The van der Waals surface area contributed by atoms with E-state index in [4.69, 9.17) is 9.47 Å². The van der Waals surface area contributed by atoms with Gasteiger partial charge in [0.15, 0.2) is 17.9 Å². The maximum atomic E-state index is 15.0. The molecule has 3 aromatic rings. The summed E-state index contributed by atoms with van der Waals surface area (Å²) >= 11 is 0. The van der Waals surface area contributed by atoms with Crippen LogP contribution in [-0.4, -0.2) is 13.2 Å². The van der Waals surface area contributed by atoms with Crippen molar-refractivity contribution in [3.8, 4) is 22.3 Å². The molecule has 0 bridgehead atoms. The molecule has 184 valence electrons. The van der Waals surface area contributed by atoms with Crippen molar-refractivity contribution < 1.29 is 22.6 Å². The maximum Gasteiger partial charge on any atom is 0.183 e. The molecule has 0 atom stereocenters. The number of rotatable bonds is 8. The lowest BCUT2D eigenvalue weighted by molar-refractivity contribution is -0.197. The van der Waals surface area contributed by atoms with Crippen LogP contribution in [-0.2, 0) is 15.9 Å². The van der Waals surface area contributed by atoms with E-state index in [1.165, 1.54) is 6.07 Å². The van der Waals surface area contributed by atoms with Crippen LogP contribution in [0, 0.1) is 23.4 Å². The third-order valence-electron chi connectivity index (χ3n) is 6.37. The highest BCUT2D eigenvalue weighted by Crippen LogP contribution is 2.32. The summed E-state index contributed by atoms with van der Waals surface area (Å²) in [7, 11) is 0. The Morgan fingerprint density at radius 1 is 0.829 bits per heavy atom. The molecule has 0 aliphatic carbocycles. The highest BCUT2D eigenvalue weighted by Gasteiger charge is 2.23. The average Bonchev–Trinajstić information content (AvgIpc) is 2.88. The molecule has 5 heteroatoms. The first-order valence-electron chi connectivity index (χ1n) is 12.2. The molecule has 0 radical (unpaired) electrons. The quantitative estimate of drug-likeness (QED) is 0.238. The summed E-state index contributed by atoms with van der Waals surface area (Å²) in [6, 6.07) is 15.0. The Morgan fingerprint density at radius 3 is 2.11 bits per heavy atom. The first-order valence-corrected chi connectivity index (χ1v) is 12.2.